The first-order valence-corrected chi connectivity index (χ1v) is 23.8. The maximum absolute atomic E-state index is 12.7. The Balaban J connectivity index is 4.51. The highest BCUT2D eigenvalue weighted by Gasteiger charge is 2.19. The van der Waals surface area contributed by atoms with E-state index in [1.54, 1.807) is 0 Å². The van der Waals surface area contributed by atoms with Crippen LogP contribution in [0.2, 0.25) is 0 Å². The van der Waals surface area contributed by atoms with Crippen molar-refractivity contribution in [3.63, 3.8) is 0 Å². The van der Waals surface area contributed by atoms with Gasteiger partial charge >= 0.3 is 17.9 Å². The molecule has 0 aromatic heterocycles. The van der Waals surface area contributed by atoms with Gasteiger partial charge in [0, 0.05) is 19.3 Å². The average Bonchev–Trinajstić information content (AvgIpc) is 3.23. The van der Waals surface area contributed by atoms with Crippen molar-refractivity contribution in [2.45, 2.75) is 207 Å². The zero-order valence-electron chi connectivity index (χ0n) is 38.0. The Labute approximate surface area is 362 Å². The maximum atomic E-state index is 12.7. The molecular weight excluding hydrogens is 733 g/mol. The Hall–Kier alpha value is -3.67. The molecule has 0 heterocycles. The van der Waals surface area contributed by atoms with Crippen LogP contribution in [0, 0.1) is 0 Å². The second-order valence-corrected chi connectivity index (χ2v) is 15.4. The standard InChI is InChI=1S/C53H86O6/c1-4-7-10-13-16-19-22-25-26-29-31-34-37-40-43-46-52(55)58-49-50(59-53(56)47-44-41-38-35-32-28-24-21-18-15-12-9-6-3)48-57-51(54)45-42-39-36-33-30-27-23-20-17-14-11-8-5-2/h8-9,11-12,14-15,17-18,20-21,23-24,28,32,35,38,50H,4-7,10,13,16,19,22,25-27,29-31,33-34,36-37,39-49H2,1-3H3/b11-8-,12-9-,17-14-,18-15-,23-20-,24-21-,32-28-,38-35-. The lowest BCUT2D eigenvalue weighted by molar-refractivity contribution is -0.167. The van der Waals surface area contributed by atoms with E-state index in [4.69, 9.17) is 14.2 Å². The van der Waals surface area contributed by atoms with E-state index in [0.29, 0.717) is 19.3 Å². The Kier molecular flexibility index (Phi) is 44.1. The molecule has 6 nitrogen and oxygen atoms in total. The second-order valence-electron chi connectivity index (χ2n) is 15.4. The molecule has 6 heteroatoms. The van der Waals surface area contributed by atoms with Gasteiger partial charge in [0.2, 0.25) is 0 Å². The fraction of sp³-hybridized carbons (Fsp3) is 0.642. The topological polar surface area (TPSA) is 78.9 Å². The van der Waals surface area contributed by atoms with Gasteiger partial charge in [-0.2, -0.15) is 0 Å². The largest absolute Gasteiger partial charge is 0.462 e. The normalized spacial score (nSPS) is 12.9. The van der Waals surface area contributed by atoms with E-state index in [1.165, 1.54) is 77.0 Å². The highest BCUT2D eigenvalue weighted by molar-refractivity contribution is 5.71. The molecule has 1 atom stereocenters. The molecular formula is C53H86O6. The first-order valence-electron chi connectivity index (χ1n) is 23.8. The molecule has 0 amide bonds. The smallest absolute Gasteiger partial charge is 0.306 e. The molecule has 0 spiro atoms. The predicted octanol–water partition coefficient (Wildman–Crippen LogP) is 15.4. The van der Waals surface area contributed by atoms with Gasteiger partial charge < -0.3 is 14.2 Å². The van der Waals surface area contributed by atoms with Gasteiger partial charge in [-0.05, 0) is 51.4 Å². The predicted molar refractivity (Wildman–Crippen MR) is 251 cm³/mol. The van der Waals surface area contributed by atoms with Crippen LogP contribution >= 0.6 is 0 Å². The number of carbonyl (C=O) groups excluding carboxylic acids is 3. The third-order valence-corrected chi connectivity index (χ3v) is 9.77. The summed E-state index contributed by atoms with van der Waals surface area (Å²) in [5.41, 5.74) is 0. The molecule has 0 aromatic rings. The Bertz CT molecular complexity index is 1220. The second kappa shape index (κ2) is 47.0. The van der Waals surface area contributed by atoms with Crippen molar-refractivity contribution in [1.82, 2.24) is 0 Å². The van der Waals surface area contributed by atoms with Crippen LogP contribution in [0.3, 0.4) is 0 Å². The fourth-order valence-corrected chi connectivity index (χ4v) is 6.24. The number of hydrogen-bond donors (Lipinski definition) is 0. The zero-order chi connectivity index (χ0) is 43.0. The molecule has 0 saturated carbocycles. The van der Waals surface area contributed by atoms with Crippen LogP contribution in [-0.2, 0) is 28.6 Å². The summed E-state index contributed by atoms with van der Waals surface area (Å²) in [5, 5.41) is 0. The molecule has 0 aliphatic heterocycles. The van der Waals surface area contributed by atoms with Crippen molar-refractivity contribution >= 4 is 17.9 Å². The Morgan fingerprint density at radius 3 is 1.08 bits per heavy atom. The van der Waals surface area contributed by atoms with Crippen molar-refractivity contribution in [3.8, 4) is 0 Å². The number of carbonyl (C=O) groups is 3. The van der Waals surface area contributed by atoms with E-state index >= 15 is 0 Å². The molecule has 1 unspecified atom stereocenters. The van der Waals surface area contributed by atoms with Crippen molar-refractivity contribution < 1.29 is 28.6 Å². The minimum Gasteiger partial charge on any atom is -0.462 e. The molecule has 0 bridgehead atoms. The highest BCUT2D eigenvalue weighted by atomic mass is 16.6. The average molecular weight is 819 g/mol. The number of unbranched alkanes of at least 4 members (excludes halogenated alkanes) is 20. The van der Waals surface area contributed by atoms with Gasteiger partial charge in [-0.3, -0.25) is 14.4 Å². The molecule has 334 valence electrons. The molecule has 0 aliphatic carbocycles. The summed E-state index contributed by atoms with van der Waals surface area (Å²) >= 11 is 0. The first kappa shape index (κ1) is 55.3. The van der Waals surface area contributed by atoms with Crippen molar-refractivity contribution in [1.29, 1.82) is 0 Å². The molecule has 0 rings (SSSR count). The van der Waals surface area contributed by atoms with Crippen LogP contribution in [0.25, 0.3) is 0 Å². The molecule has 0 N–H and O–H groups in total. The molecule has 0 aromatic carbocycles. The lowest BCUT2D eigenvalue weighted by Crippen LogP contribution is -2.30. The number of hydrogen-bond acceptors (Lipinski definition) is 6. The molecule has 59 heavy (non-hydrogen) atoms. The van der Waals surface area contributed by atoms with E-state index in [9.17, 15) is 14.4 Å². The zero-order valence-corrected chi connectivity index (χ0v) is 38.0. The van der Waals surface area contributed by atoms with Gasteiger partial charge in [0.1, 0.15) is 13.2 Å². The summed E-state index contributed by atoms with van der Waals surface area (Å²) < 4.78 is 16.7. The fourth-order valence-electron chi connectivity index (χ4n) is 6.24. The highest BCUT2D eigenvalue weighted by Crippen LogP contribution is 2.15. The van der Waals surface area contributed by atoms with Crippen molar-refractivity contribution in [2.75, 3.05) is 13.2 Å². The molecule has 0 fully saturated rings. The number of esters is 3. The van der Waals surface area contributed by atoms with Gasteiger partial charge in [-0.25, -0.2) is 0 Å². The van der Waals surface area contributed by atoms with Crippen molar-refractivity contribution in [2.24, 2.45) is 0 Å². The van der Waals surface area contributed by atoms with Gasteiger partial charge in [-0.15, -0.1) is 0 Å². The van der Waals surface area contributed by atoms with Gasteiger partial charge in [-0.1, -0.05) is 227 Å². The van der Waals surface area contributed by atoms with Gasteiger partial charge in [0.25, 0.3) is 0 Å². The monoisotopic (exact) mass is 819 g/mol. The summed E-state index contributed by atoms with van der Waals surface area (Å²) in [6, 6.07) is 0. The number of allylic oxidation sites excluding steroid dienone is 16. The first-order chi connectivity index (χ1) is 29.0. The van der Waals surface area contributed by atoms with E-state index in [1.807, 2.05) is 60.8 Å². The van der Waals surface area contributed by atoms with Gasteiger partial charge in [0.05, 0.1) is 0 Å². The van der Waals surface area contributed by atoms with Crippen LogP contribution < -0.4 is 0 Å². The number of rotatable bonds is 41. The Morgan fingerprint density at radius 1 is 0.356 bits per heavy atom. The van der Waals surface area contributed by atoms with Gasteiger partial charge in [0.15, 0.2) is 6.10 Å². The van der Waals surface area contributed by atoms with E-state index < -0.39 is 6.10 Å². The van der Waals surface area contributed by atoms with Crippen LogP contribution in [-0.4, -0.2) is 37.2 Å². The summed E-state index contributed by atoms with van der Waals surface area (Å²) in [7, 11) is 0. The van der Waals surface area contributed by atoms with Crippen molar-refractivity contribution in [3.05, 3.63) is 97.2 Å². The summed E-state index contributed by atoms with van der Waals surface area (Å²) in [6.07, 6.45) is 61.1. The molecule has 0 radical (unpaired) electrons. The molecule has 0 aliphatic rings. The maximum Gasteiger partial charge on any atom is 0.306 e. The quantitative estimate of drug-likeness (QED) is 0.0265. The molecule has 0 saturated heterocycles. The third kappa shape index (κ3) is 45.3. The number of ether oxygens (including phenoxy) is 3. The SMILES string of the molecule is CC\C=C/C=C\C=C/C=C\C=C/CCCC(=O)OC(COC(=O)CCCCCCC\C=C/C=C\C=C/CC)COC(=O)CCCCCCCCCCCCCCCCC. The summed E-state index contributed by atoms with van der Waals surface area (Å²) in [4.78, 5) is 37.8. The van der Waals surface area contributed by atoms with E-state index in [-0.39, 0.29) is 37.5 Å². The summed E-state index contributed by atoms with van der Waals surface area (Å²) in [6.45, 7) is 6.27. The minimum atomic E-state index is -0.821. The minimum absolute atomic E-state index is 0.113. The Morgan fingerprint density at radius 2 is 0.678 bits per heavy atom. The van der Waals surface area contributed by atoms with E-state index in [0.717, 1.165) is 77.0 Å². The van der Waals surface area contributed by atoms with Crippen LogP contribution in [0.4, 0.5) is 0 Å². The lowest BCUT2D eigenvalue weighted by atomic mass is 10.0. The third-order valence-electron chi connectivity index (χ3n) is 9.77. The lowest BCUT2D eigenvalue weighted by Gasteiger charge is -2.18. The van der Waals surface area contributed by atoms with E-state index in [2.05, 4.69) is 57.2 Å². The summed E-state index contributed by atoms with van der Waals surface area (Å²) in [5.74, 6) is -1.01. The van der Waals surface area contributed by atoms with Crippen LogP contribution in [0.5, 0.6) is 0 Å². The van der Waals surface area contributed by atoms with Crippen LogP contribution in [0.1, 0.15) is 201 Å². The van der Waals surface area contributed by atoms with Crippen LogP contribution in [0.15, 0.2) is 97.2 Å².